The number of nitrogens with two attached hydrogens (primary N) is 1. The number of fused-ring (bicyclic) bond motifs is 1. The Bertz CT molecular complexity index is 909. The van der Waals surface area contributed by atoms with E-state index in [1.165, 1.54) is 0 Å². The van der Waals surface area contributed by atoms with E-state index in [-0.39, 0.29) is 0 Å². The van der Waals surface area contributed by atoms with Gasteiger partial charge in [-0.15, -0.1) is 10.2 Å². The Labute approximate surface area is 145 Å². The number of ether oxygens (including phenoxy) is 2. The van der Waals surface area contributed by atoms with Crippen molar-refractivity contribution in [2.75, 3.05) is 37.9 Å². The van der Waals surface area contributed by atoms with E-state index in [9.17, 15) is 0 Å². The van der Waals surface area contributed by atoms with Crippen molar-refractivity contribution in [1.29, 1.82) is 0 Å². The highest BCUT2D eigenvalue weighted by atomic mass is 16.5. The number of benzene rings is 1. The van der Waals surface area contributed by atoms with Gasteiger partial charge in [-0.2, -0.15) is 4.98 Å². The van der Waals surface area contributed by atoms with Crippen molar-refractivity contribution in [3.63, 3.8) is 0 Å². The molecular weight excluding hydrogens is 320 g/mol. The van der Waals surface area contributed by atoms with E-state index >= 15 is 0 Å². The SMILES string of the molecule is COc1cccc(C2CCN(c3cc4nncn4c(N)n3)C2)c1OC. The van der Waals surface area contributed by atoms with Gasteiger partial charge in [0.2, 0.25) is 5.95 Å². The second-order valence-corrected chi connectivity index (χ2v) is 6.05. The molecular formula is C17H20N6O2. The summed E-state index contributed by atoms with van der Waals surface area (Å²) >= 11 is 0. The van der Waals surface area contributed by atoms with Gasteiger partial charge in [0.15, 0.2) is 17.1 Å². The smallest absolute Gasteiger partial charge is 0.209 e. The molecule has 0 spiro atoms. The van der Waals surface area contributed by atoms with Crippen molar-refractivity contribution in [2.24, 2.45) is 0 Å². The van der Waals surface area contributed by atoms with Crippen LogP contribution in [-0.2, 0) is 0 Å². The average molecular weight is 340 g/mol. The molecule has 1 aliphatic heterocycles. The average Bonchev–Trinajstić information content (AvgIpc) is 3.30. The van der Waals surface area contributed by atoms with Crippen LogP contribution in [0.5, 0.6) is 11.5 Å². The van der Waals surface area contributed by atoms with Gasteiger partial charge in [0.05, 0.1) is 14.2 Å². The van der Waals surface area contributed by atoms with Gasteiger partial charge in [-0.05, 0) is 12.5 Å². The monoisotopic (exact) mass is 340 g/mol. The van der Waals surface area contributed by atoms with Gasteiger partial charge in [0.1, 0.15) is 12.1 Å². The van der Waals surface area contributed by atoms with Gasteiger partial charge < -0.3 is 20.1 Å². The van der Waals surface area contributed by atoms with Crippen LogP contribution in [0.1, 0.15) is 17.9 Å². The van der Waals surface area contributed by atoms with Crippen LogP contribution in [0.2, 0.25) is 0 Å². The summed E-state index contributed by atoms with van der Waals surface area (Å²) in [5.74, 6) is 3.10. The lowest BCUT2D eigenvalue weighted by Gasteiger charge is -2.20. The summed E-state index contributed by atoms with van der Waals surface area (Å²) in [6.45, 7) is 1.72. The maximum Gasteiger partial charge on any atom is 0.209 e. The minimum atomic E-state index is 0.335. The molecule has 8 heteroatoms. The molecule has 0 amide bonds. The van der Waals surface area contributed by atoms with Crippen LogP contribution in [0.4, 0.5) is 11.8 Å². The standard InChI is InChI=1S/C17H20N6O2/c1-24-13-5-3-4-12(16(13)25-2)11-6-7-22(9-11)14-8-15-21-19-10-23(15)17(18)20-14/h3-5,8,10-11H,6-7,9H2,1-2H3,(H2,18,20). The first-order chi connectivity index (χ1) is 12.2. The molecule has 0 radical (unpaired) electrons. The van der Waals surface area contributed by atoms with Crippen molar-refractivity contribution >= 4 is 17.4 Å². The number of hydrogen-bond donors (Lipinski definition) is 1. The van der Waals surface area contributed by atoms with Gasteiger partial charge >= 0.3 is 0 Å². The first kappa shape index (κ1) is 15.5. The first-order valence-electron chi connectivity index (χ1n) is 8.13. The topological polar surface area (TPSA) is 90.8 Å². The van der Waals surface area contributed by atoms with Crippen molar-refractivity contribution in [2.45, 2.75) is 12.3 Å². The highest BCUT2D eigenvalue weighted by molar-refractivity contribution is 5.57. The fourth-order valence-electron chi connectivity index (χ4n) is 3.46. The van der Waals surface area contributed by atoms with Crippen LogP contribution in [0.25, 0.3) is 5.65 Å². The van der Waals surface area contributed by atoms with Crippen molar-refractivity contribution in [3.05, 3.63) is 36.2 Å². The summed E-state index contributed by atoms with van der Waals surface area (Å²) in [7, 11) is 3.33. The van der Waals surface area contributed by atoms with Crippen molar-refractivity contribution < 1.29 is 9.47 Å². The van der Waals surface area contributed by atoms with E-state index in [1.54, 1.807) is 24.9 Å². The Morgan fingerprint density at radius 3 is 2.92 bits per heavy atom. The number of para-hydroxylation sites is 1. The molecule has 3 heterocycles. The summed E-state index contributed by atoms with van der Waals surface area (Å²) in [4.78, 5) is 6.71. The molecule has 130 valence electrons. The van der Waals surface area contributed by atoms with Gasteiger partial charge in [0.25, 0.3) is 0 Å². The van der Waals surface area contributed by atoms with Crippen LogP contribution in [-0.4, -0.2) is 46.9 Å². The highest BCUT2D eigenvalue weighted by Crippen LogP contribution is 2.40. The van der Waals surface area contributed by atoms with E-state index < -0.39 is 0 Å². The summed E-state index contributed by atoms with van der Waals surface area (Å²) in [6, 6.07) is 7.92. The zero-order valence-corrected chi connectivity index (χ0v) is 14.2. The lowest BCUT2D eigenvalue weighted by Crippen LogP contribution is -2.21. The summed E-state index contributed by atoms with van der Waals surface area (Å²) in [5, 5.41) is 7.95. The molecule has 1 saturated heterocycles. The minimum absolute atomic E-state index is 0.335. The summed E-state index contributed by atoms with van der Waals surface area (Å²) in [5.41, 5.74) is 7.86. The van der Waals surface area contributed by atoms with Crippen molar-refractivity contribution in [1.82, 2.24) is 19.6 Å². The Morgan fingerprint density at radius 2 is 2.12 bits per heavy atom. The summed E-state index contributed by atoms with van der Waals surface area (Å²) < 4.78 is 12.7. The third-order valence-corrected chi connectivity index (χ3v) is 4.69. The van der Waals surface area contributed by atoms with Gasteiger partial charge in [-0.25, -0.2) is 0 Å². The maximum absolute atomic E-state index is 6.01. The fourth-order valence-corrected chi connectivity index (χ4v) is 3.46. The minimum Gasteiger partial charge on any atom is -0.493 e. The molecule has 4 rings (SSSR count). The molecule has 1 aromatic carbocycles. The molecule has 1 unspecified atom stereocenters. The number of nitrogens with zero attached hydrogens (tertiary/aromatic N) is 5. The Balaban J connectivity index is 1.63. The normalized spacial score (nSPS) is 17.2. The van der Waals surface area contributed by atoms with E-state index in [1.807, 2.05) is 18.2 Å². The number of hydrogen-bond acceptors (Lipinski definition) is 7. The van der Waals surface area contributed by atoms with Crippen LogP contribution in [0, 0.1) is 0 Å². The number of nitrogen functional groups attached to an aromatic ring is 1. The molecule has 25 heavy (non-hydrogen) atoms. The van der Waals surface area contributed by atoms with Crippen molar-refractivity contribution in [3.8, 4) is 11.5 Å². The first-order valence-corrected chi connectivity index (χ1v) is 8.13. The molecule has 1 atom stereocenters. The third-order valence-electron chi connectivity index (χ3n) is 4.69. The highest BCUT2D eigenvalue weighted by Gasteiger charge is 2.28. The molecule has 3 aromatic rings. The number of anilines is 2. The maximum atomic E-state index is 6.01. The zero-order chi connectivity index (χ0) is 17.4. The Kier molecular flexibility index (Phi) is 3.79. The quantitative estimate of drug-likeness (QED) is 0.773. The predicted octanol–water partition coefficient (Wildman–Crippen LogP) is 1.72. The molecule has 2 N–H and O–H groups in total. The van der Waals surface area contributed by atoms with Crippen LogP contribution >= 0.6 is 0 Å². The second-order valence-electron chi connectivity index (χ2n) is 6.05. The Hall–Kier alpha value is -3.03. The van der Waals surface area contributed by atoms with E-state index in [0.717, 1.165) is 42.4 Å². The predicted molar refractivity (Wildman–Crippen MR) is 94.3 cm³/mol. The lowest BCUT2D eigenvalue weighted by atomic mass is 9.97. The van der Waals surface area contributed by atoms with Gasteiger partial charge in [-0.3, -0.25) is 4.40 Å². The molecule has 0 aliphatic carbocycles. The molecule has 8 nitrogen and oxygen atoms in total. The van der Waals surface area contributed by atoms with Crippen LogP contribution in [0.3, 0.4) is 0 Å². The van der Waals surface area contributed by atoms with E-state index in [4.69, 9.17) is 15.2 Å². The van der Waals surface area contributed by atoms with Crippen LogP contribution in [0.15, 0.2) is 30.6 Å². The number of rotatable bonds is 4. The molecule has 2 aromatic heterocycles. The molecule has 0 saturated carbocycles. The van der Waals surface area contributed by atoms with E-state index in [2.05, 4.69) is 26.1 Å². The van der Waals surface area contributed by atoms with E-state index in [0.29, 0.717) is 17.5 Å². The largest absolute Gasteiger partial charge is 0.493 e. The zero-order valence-electron chi connectivity index (χ0n) is 14.2. The summed E-state index contributed by atoms with van der Waals surface area (Å²) in [6.07, 6.45) is 2.57. The fraction of sp³-hybridized carbons (Fsp3) is 0.353. The molecule has 1 fully saturated rings. The molecule has 1 aliphatic rings. The number of methoxy groups -OCH3 is 2. The number of aromatic nitrogens is 4. The second kappa shape index (κ2) is 6.12. The Morgan fingerprint density at radius 1 is 1.24 bits per heavy atom. The van der Waals surface area contributed by atoms with Gasteiger partial charge in [0, 0.05) is 30.6 Å². The lowest BCUT2D eigenvalue weighted by molar-refractivity contribution is 0.350. The third kappa shape index (κ3) is 2.59. The molecule has 0 bridgehead atoms. The van der Waals surface area contributed by atoms with Crippen LogP contribution < -0.4 is 20.1 Å². The van der Waals surface area contributed by atoms with Gasteiger partial charge in [-0.1, -0.05) is 12.1 Å².